The van der Waals surface area contributed by atoms with Crippen molar-refractivity contribution in [2.24, 2.45) is 5.73 Å². The monoisotopic (exact) mass is 280 g/mol. The minimum absolute atomic E-state index is 0.146. The van der Waals surface area contributed by atoms with Gasteiger partial charge in [-0.2, -0.15) is 0 Å². The molecular formula is C13H20N4O3. The van der Waals surface area contributed by atoms with E-state index >= 15 is 0 Å². The number of aryl methyl sites for hydroxylation is 1. The van der Waals surface area contributed by atoms with E-state index in [-0.39, 0.29) is 17.9 Å². The molecule has 1 aliphatic rings. The summed E-state index contributed by atoms with van der Waals surface area (Å²) in [6, 6.07) is 1.41. The summed E-state index contributed by atoms with van der Waals surface area (Å²) in [6.07, 6.45) is 3.12. The van der Waals surface area contributed by atoms with Crippen molar-refractivity contribution in [3.63, 3.8) is 0 Å². The number of primary amides is 1. The second kappa shape index (κ2) is 6.51. The zero-order valence-corrected chi connectivity index (χ0v) is 11.6. The predicted octanol–water partition coefficient (Wildman–Crippen LogP) is 0.651. The number of piperidine rings is 1. The van der Waals surface area contributed by atoms with Gasteiger partial charge < -0.3 is 15.6 Å². The first kappa shape index (κ1) is 14.5. The lowest BCUT2D eigenvalue weighted by Crippen LogP contribution is -2.48. The summed E-state index contributed by atoms with van der Waals surface area (Å²) in [7, 11) is 0. The van der Waals surface area contributed by atoms with Crippen molar-refractivity contribution >= 4 is 17.6 Å². The van der Waals surface area contributed by atoms with Crippen LogP contribution >= 0.6 is 0 Å². The number of aromatic nitrogens is 1. The smallest absolute Gasteiger partial charge is 0.234 e. The molecule has 1 fully saturated rings. The Kier molecular flexibility index (Phi) is 4.73. The van der Waals surface area contributed by atoms with Gasteiger partial charge in [-0.1, -0.05) is 11.6 Å². The molecule has 0 spiro atoms. The SMILES string of the molecule is Cc1cc(NC(=O)CCN2CCCC[C@@H]2C(N)=O)no1. The van der Waals surface area contributed by atoms with Crippen molar-refractivity contribution < 1.29 is 14.1 Å². The molecule has 1 aromatic heterocycles. The molecule has 7 nitrogen and oxygen atoms in total. The Bertz CT molecular complexity index is 486. The lowest BCUT2D eigenvalue weighted by Gasteiger charge is -2.33. The van der Waals surface area contributed by atoms with E-state index in [1.165, 1.54) is 0 Å². The van der Waals surface area contributed by atoms with E-state index in [9.17, 15) is 9.59 Å². The normalized spacial score (nSPS) is 19.8. The summed E-state index contributed by atoms with van der Waals surface area (Å²) in [4.78, 5) is 25.2. The van der Waals surface area contributed by atoms with Crippen LogP contribution in [0.1, 0.15) is 31.4 Å². The molecule has 1 aliphatic heterocycles. The first-order chi connectivity index (χ1) is 9.56. The van der Waals surface area contributed by atoms with Gasteiger partial charge in [0.1, 0.15) is 5.76 Å². The van der Waals surface area contributed by atoms with Crippen LogP contribution in [0.4, 0.5) is 5.82 Å². The third-order valence-electron chi connectivity index (χ3n) is 3.46. The Hall–Kier alpha value is -1.89. The average molecular weight is 280 g/mol. The van der Waals surface area contributed by atoms with Crippen LogP contribution in [0.25, 0.3) is 0 Å². The first-order valence-corrected chi connectivity index (χ1v) is 6.83. The van der Waals surface area contributed by atoms with Gasteiger partial charge in [0, 0.05) is 19.0 Å². The molecule has 1 saturated heterocycles. The van der Waals surface area contributed by atoms with E-state index in [2.05, 4.69) is 10.5 Å². The number of nitrogens with zero attached hydrogens (tertiary/aromatic N) is 2. The summed E-state index contributed by atoms with van der Waals surface area (Å²) in [5.74, 6) is 0.604. The van der Waals surface area contributed by atoms with Gasteiger partial charge >= 0.3 is 0 Å². The fourth-order valence-electron chi connectivity index (χ4n) is 2.46. The molecule has 2 heterocycles. The molecule has 0 aromatic carbocycles. The summed E-state index contributed by atoms with van der Waals surface area (Å²) in [6.45, 7) is 3.09. The largest absolute Gasteiger partial charge is 0.368 e. The van der Waals surface area contributed by atoms with Gasteiger partial charge in [0.05, 0.1) is 6.04 Å². The highest BCUT2D eigenvalue weighted by Gasteiger charge is 2.26. The van der Waals surface area contributed by atoms with Gasteiger partial charge in [-0.15, -0.1) is 0 Å². The van der Waals surface area contributed by atoms with E-state index in [0.717, 1.165) is 25.8 Å². The van der Waals surface area contributed by atoms with Crippen LogP contribution in [0.15, 0.2) is 10.6 Å². The first-order valence-electron chi connectivity index (χ1n) is 6.83. The van der Waals surface area contributed by atoms with Gasteiger partial charge in [0.15, 0.2) is 5.82 Å². The maximum Gasteiger partial charge on any atom is 0.234 e. The van der Waals surface area contributed by atoms with E-state index in [0.29, 0.717) is 24.5 Å². The van der Waals surface area contributed by atoms with Crippen molar-refractivity contribution in [2.75, 3.05) is 18.4 Å². The van der Waals surface area contributed by atoms with Crippen LogP contribution in [-0.4, -0.2) is 41.0 Å². The van der Waals surface area contributed by atoms with E-state index in [1.54, 1.807) is 13.0 Å². The highest BCUT2D eigenvalue weighted by molar-refractivity contribution is 5.89. The number of hydrogen-bond donors (Lipinski definition) is 2. The molecule has 3 N–H and O–H groups in total. The number of rotatable bonds is 5. The van der Waals surface area contributed by atoms with Crippen LogP contribution in [-0.2, 0) is 9.59 Å². The number of carbonyl (C=O) groups is 2. The van der Waals surface area contributed by atoms with Crippen LogP contribution in [0.2, 0.25) is 0 Å². The highest BCUT2D eigenvalue weighted by Crippen LogP contribution is 2.17. The standard InChI is InChI=1S/C13H20N4O3/c1-9-8-11(16-20-9)15-12(18)5-7-17-6-3-2-4-10(17)13(14)19/h8,10H,2-7H2,1H3,(H2,14,19)(H,15,16,18)/t10-/m1/s1. The summed E-state index contributed by atoms with van der Waals surface area (Å²) in [5, 5.41) is 6.36. The maximum absolute atomic E-state index is 11.8. The van der Waals surface area contributed by atoms with Crippen molar-refractivity contribution in [2.45, 2.75) is 38.6 Å². The Morgan fingerprint density at radius 2 is 2.35 bits per heavy atom. The number of hydrogen-bond acceptors (Lipinski definition) is 5. The number of likely N-dealkylation sites (tertiary alicyclic amines) is 1. The Labute approximate surface area is 117 Å². The van der Waals surface area contributed by atoms with Crippen LogP contribution in [0, 0.1) is 6.92 Å². The molecule has 0 unspecified atom stereocenters. The Morgan fingerprint density at radius 3 is 3.00 bits per heavy atom. The minimum Gasteiger partial charge on any atom is -0.368 e. The van der Waals surface area contributed by atoms with E-state index in [4.69, 9.17) is 10.3 Å². The lowest BCUT2D eigenvalue weighted by molar-refractivity contribution is -0.125. The molecular weight excluding hydrogens is 260 g/mol. The number of nitrogens with one attached hydrogen (secondary N) is 1. The number of anilines is 1. The summed E-state index contributed by atoms with van der Waals surface area (Å²) in [5.41, 5.74) is 5.39. The number of amides is 2. The summed E-state index contributed by atoms with van der Waals surface area (Å²) >= 11 is 0. The zero-order chi connectivity index (χ0) is 14.5. The number of carbonyl (C=O) groups excluding carboxylic acids is 2. The summed E-state index contributed by atoms with van der Waals surface area (Å²) < 4.78 is 4.87. The molecule has 0 saturated carbocycles. The molecule has 1 atom stereocenters. The predicted molar refractivity (Wildman–Crippen MR) is 72.9 cm³/mol. The zero-order valence-electron chi connectivity index (χ0n) is 11.6. The average Bonchev–Trinajstić information content (AvgIpc) is 2.82. The van der Waals surface area contributed by atoms with E-state index in [1.807, 2.05) is 4.90 Å². The molecule has 1 aromatic rings. The Balaban J connectivity index is 1.81. The van der Waals surface area contributed by atoms with Crippen LogP contribution in [0.3, 0.4) is 0 Å². The van der Waals surface area contributed by atoms with Gasteiger partial charge in [-0.05, 0) is 26.3 Å². The molecule has 0 aliphatic carbocycles. The lowest BCUT2D eigenvalue weighted by atomic mass is 10.0. The molecule has 2 rings (SSSR count). The molecule has 110 valence electrons. The third kappa shape index (κ3) is 3.80. The molecule has 0 radical (unpaired) electrons. The fraction of sp³-hybridized carbons (Fsp3) is 0.615. The van der Waals surface area contributed by atoms with Gasteiger partial charge in [0.2, 0.25) is 11.8 Å². The van der Waals surface area contributed by atoms with Crippen molar-refractivity contribution in [1.29, 1.82) is 0 Å². The quantitative estimate of drug-likeness (QED) is 0.824. The van der Waals surface area contributed by atoms with Gasteiger partial charge in [0.25, 0.3) is 0 Å². The molecule has 0 bridgehead atoms. The highest BCUT2D eigenvalue weighted by atomic mass is 16.5. The fourth-order valence-corrected chi connectivity index (χ4v) is 2.46. The number of nitrogens with two attached hydrogens (primary N) is 1. The molecule has 7 heteroatoms. The maximum atomic E-state index is 11.8. The van der Waals surface area contributed by atoms with Crippen LogP contribution in [0.5, 0.6) is 0 Å². The third-order valence-corrected chi connectivity index (χ3v) is 3.46. The van der Waals surface area contributed by atoms with E-state index < -0.39 is 0 Å². The molecule has 20 heavy (non-hydrogen) atoms. The Morgan fingerprint density at radius 1 is 1.55 bits per heavy atom. The van der Waals surface area contributed by atoms with Gasteiger partial charge in [-0.3, -0.25) is 14.5 Å². The van der Waals surface area contributed by atoms with Crippen LogP contribution < -0.4 is 11.1 Å². The second-order valence-corrected chi connectivity index (χ2v) is 5.07. The minimum atomic E-state index is -0.308. The van der Waals surface area contributed by atoms with Gasteiger partial charge in [-0.25, -0.2) is 0 Å². The van der Waals surface area contributed by atoms with Crippen molar-refractivity contribution in [3.05, 3.63) is 11.8 Å². The van der Waals surface area contributed by atoms with Crippen molar-refractivity contribution in [3.8, 4) is 0 Å². The van der Waals surface area contributed by atoms with Crippen molar-refractivity contribution in [1.82, 2.24) is 10.1 Å². The second-order valence-electron chi connectivity index (χ2n) is 5.07. The topological polar surface area (TPSA) is 101 Å². The molecule has 2 amide bonds.